The van der Waals surface area contributed by atoms with Crippen molar-refractivity contribution in [3.63, 3.8) is 0 Å². The van der Waals surface area contributed by atoms with Crippen LogP contribution in [0.15, 0.2) is 49.6 Å². The molecule has 9 nitrogen and oxygen atoms in total. The molecule has 0 aliphatic carbocycles. The van der Waals surface area contributed by atoms with Gasteiger partial charge in [0.25, 0.3) is 5.91 Å². The Hall–Kier alpha value is -3.17. The standard InChI is InChI=1S/C32H45N3O6/c1-7-19-34(24-15-13-23(14-16-24)33(11-5)12-6)29(38)27-32-18-17-31(10-4,41-32)26(30(39)40-20-8-2)25(32)28(37)35(27)22(9-3)21-36/h7-8,13-16,22,25-27,36H,1-2,9-12,17-21H2,3-6H3/t22-,25-,26-,27?,31+,32?/m0/s1. The predicted octanol–water partition coefficient (Wildman–Crippen LogP) is 3.71. The number of carbonyl (C=O) groups is 3. The van der Waals surface area contributed by atoms with Crippen molar-refractivity contribution in [2.24, 2.45) is 11.8 Å². The van der Waals surface area contributed by atoms with Crippen LogP contribution in [0.3, 0.4) is 0 Å². The highest BCUT2D eigenvalue weighted by atomic mass is 16.6. The molecule has 41 heavy (non-hydrogen) atoms. The number of carbonyl (C=O) groups excluding carboxylic acids is 3. The van der Waals surface area contributed by atoms with Gasteiger partial charge in [0.2, 0.25) is 5.91 Å². The van der Waals surface area contributed by atoms with Crippen LogP contribution < -0.4 is 9.80 Å². The van der Waals surface area contributed by atoms with Crippen molar-refractivity contribution in [1.82, 2.24) is 4.90 Å². The number of esters is 1. The topological polar surface area (TPSA) is 99.6 Å². The Morgan fingerprint density at radius 3 is 2.32 bits per heavy atom. The second-order valence-electron chi connectivity index (χ2n) is 11.2. The molecule has 3 aliphatic heterocycles. The van der Waals surface area contributed by atoms with Crippen LogP contribution in [0.4, 0.5) is 11.4 Å². The highest BCUT2D eigenvalue weighted by molar-refractivity contribution is 6.05. The minimum atomic E-state index is -1.20. The van der Waals surface area contributed by atoms with Crippen molar-refractivity contribution in [1.29, 1.82) is 0 Å². The number of anilines is 2. The molecule has 224 valence electrons. The first-order valence-corrected chi connectivity index (χ1v) is 14.9. The lowest BCUT2D eigenvalue weighted by molar-refractivity contribution is -0.161. The van der Waals surface area contributed by atoms with E-state index in [4.69, 9.17) is 9.47 Å². The summed E-state index contributed by atoms with van der Waals surface area (Å²) in [7, 11) is 0. The van der Waals surface area contributed by atoms with Crippen molar-refractivity contribution >= 4 is 29.2 Å². The number of rotatable bonds is 14. The van der Waals surface area contributed by atoms with Crippen LogP contribution in [0, 0.1) is 11.8 Å². The predicted molar refractivity (Wildman–Crippen MR) is 159 cm³/mol. The monoisotopic (exact) mass is 567 g/mol. The number of likely N-dealkylation sites (tertiary alicyclic amines) is 1. The molecule has 0 radical (unpaired) electrons. The maximum atomic E-state index is 14.7. The highest BCUT2D eigenvalue weighted by Crippen LogP contribution is 2.65. The van der Waals surface area contributed by atoms with Crippen molar-refractivity contribution < 1.29 is 29.0 Å². The fourth-order valence-corrected chi connectivity index (χ4v) is 7.36. The summed E-state index contributed by atoms with van der Waals surface area (Å²) in [6.45, 7) is 17.2. The van der Waals surface area contributed by atoms with Gasteiger partial charge in [-0.25, -0.2) is 0 Å². The Bertz CT molecular complexity index is 1150. The Balaban J connectivity index is 1.80. The molecular weight excluding hydrogens is 522 g/mol. The summed E-state index contributed by atoms with van der Waals surface area (Å²) in [6.07, 6.45) is 5.10. The summed E-state index contributed by atoms with van der Waals surface area (Å²) in [5.74, 6) is -2.87. The van der Waals surface area contributed by atoms with Gasteiger partial charge in [-0.1, -0.05) is 32.6 Å². The lowest BCUT2D eigenvalue weighted by Gasteiger charge is -2.39. The number of fused-ring (bicyclic) bond motifs is 1. The number of ether oxygens (including phenoxy) is 2. The van der Waals surface area contributed by atoms with E-state index in [0.29, 0.717) is 31.4 Å². The van der Waals surface area contributed by atoms with Gasteiger partial charge >= 0.3 is 5.97 Å². The van der Waals surface area contributed by atoms with Gasteiger partial charge < -0.3 is 29.3 Å². The highest BCUT2D eigenvalue weighted by Gasteiger charge is 2.79. The van der Waals surface area contributed by atoms with Crippen LogP contribution in [0.1, 0.15) is 53.4 Å². The average molecular weight is 568 g/mol. The van der Waals surface area contributed by atoms with Crippen LogP contribution >= 0.6 is 0 Å². The first kappa shape index (κ1) is 30.8. The van der Waals surface area contributed by atoms with Gasteiger partial charge in [0.05, 0.1) is 24.2 Å². The van der Waals surface area contributed by atoms with Crippen molar-refractivity contribution in [3.05, 3.63) is 49.6 Å². The molecule has 4 rings (SSSR count). The van der Waals surface area contributed by atoms with Gasteiger partial charge in [-0.15, -0.1) is 6.58 Å². The fourth-order valence-electron chi connectivity index (χ4n) is 7.36. The van der Waals surface area contributed by atoms with Crippen molar-refractivity contribution in [2.45, 2.75) is 76.7 Å². The van der Waals surface area contributed by atoms with E-state index in [1.807, 2.05) is 38.1 Å². The number of hydrogen-bond acceptors (Lipinski definition) is 7. The number of benzene rings is 1. The van der Waals surface area contributed by atoms with E-state index in [1.165, 1.54) is 11.0 Å². The largest absolute Gasteiger partial charge is 0.461 e. The second kappa shape index (κ2) is 12.4. The number of nitrogens with zero attached hydrogens (tertiary/aromatic N) is 3. The van der Waals surface area contributed by atoms with Crippen LogP contribution in [0.5, 0.6) is 0 Å². The summed E-state index contributed by atoms with van der Waals surface area (Å²) in [6, 6.07) is 6.18. The quantitative estimate of drug-likeness (QED) is 0.270. The molecule has 2 bridgehead atoms. The van der Waals surface area contributed by atoms with Crippen LogP contribution in [0.25, 0.3) is 0 Å². The van der Waals surface area contributed by atoms with Gasteiger partial charge in [-0.3, -0.25) is 14.4 Å². The molecule has 2 unspecified atom stereocenters. The zero-order valence-corrected chi connectivity index (χ0v) is 24.9. The Morgan fingerprint density at radius 1 is 1.12 bits per heavy atom. The molecule has 3 saturated heterocycles. The summed E-state index contributed by atoms with van der Waals surface area (Å²) >= 11 is 0. The third-order valence-electron chi connectivity index (χ3n) is 9.39. The number of aliphatic hydroxyl groups is 1. The Labute approximate surface area is 243 Å². The third kappa shape index (κ3) is 4.87. The molecular formula is C32H45N3O6. The summed E-state index contributed by atoms with van der Waals surface area (Å²) in [5.41, 5.74) is -0.366. The van der Waals surface area contributed by atoms with E-state index in [2.05, 4.69) is 31.9 Å². The first-order valence-electron chi connectivity index (χ1n) is 14.9. The van der Waals surface area contributed by atoms with Gasteiger partial charge in [0.15, 0.2) is 0 Å². The van der Waals surface area contributed by atoms with Crippen LogP contribution in [-0.2, 0) is 23.9 Å². The summed E-state index contributed by atoms with van der Waals surface area (Å²) < 4.78 is 12.3. The Kier molecular flexibility index (Phi) is 9.29. The number of aliphatic hydroxyl groups excluding tert-OH is 1. The maximum Gasteiger partial charge on any atom is 0.313 e. The van der Waals surface area contributed by atoms with E-state index in [9.17, 15) is 19.5 Å². The summed E-state index contributed by atoms with van der Waals surface area (Å²) in [5, 5.41) is 10.3. The molecule has 1 aromatic rings. The van der Waals surface area contributed by atoms with E-state index in [0.717, 1.165) is 18.8 Å². The molecule has 6 atom stereocenters. The molecule has 1 spiro atoms. The lowest BCUT2D eigenvalue weighted by atomic mass is 9.65. The van der Waals surface area contributed by atoms with Gasteiger partial charge in [0, 0.05) is 31.0 Å². The lowest BCUT2D eigenvalue weighted by Crippen LogP contribution is -2.59. The molecule has 0 saturated carbocycles. The normalized spacial score (nSPS) is 28.8. The van der Waals surface area contributed by atoms with Crippen LogP contribution in [0.2, 0.25) is 0 Å². The molecule has 0 aromatic heterocycles. The van der Waals surface area contributed by atoms with Crippen molar-refractivity contribution in [2.75, 3.05) is 42.6 Å². The smallest absolute Gasteiger partial charge is 0.313 e. The fraction of sp³-hybridized carbons (Fsp3) is 0.594. The molecule has 3 fully saturated rings. The maximum absolute atomic E-state index is 14.7. The van der Waals surface area contributed by atoms with E-state index < -0.39 is 41.1 Å². The zero-order valence-electron chi connectivity index (χ0n) is 24.9. The van der Waals surface area contributed by atoms with Gasteiger partial charge in [0.1, 0.15) is 24.2 Å². The minimum Gasteiger partial charge on any atom is -0.461 e. The molecule has 2 amide bonds. The van der Waals surface area contributed by atoms with E-state index in [1.54, 1.807) is 11.0 Å². The van der Waals surface area contributed by atoms with E-state index in [-0.39, 0.29) is 31.6 Å². The molecule has 3 aliphatic rings. The molecule has 1 aromatic carbocycles. The molecule has 3 heterocycles. The number of hydrogen-bond donors (Lipinski definition) is 1. The average Bonchev–Trinajstić information content (AvgIpc) is 3.60. The van der Waals surface area contributed by atoms with Gasteiger partial charge in [-0.2, -0.15) is 0 Å². The summed E-state index contributed by atoms with van der Waals surface area (Å²) in [4.78, 5) is 47.8. The van der Waals surface area contributed by atoms with E-state index >= 15 is 0 Å². The van der Waals surface area contributed by atoms with Gasteiger partial charge in [-0.05, 0) is 63.8 Å². The minimum absolute atomic E-state index is 0.0277. The zero-order chi connectivity index (χ0) is 29.9. The Morgan fingerprint density at radius 2 is 1.78 bits per heavy atom. The second-order valence-corrected chi connectivity index (χ2v) is 11.2. The third-order valence-corrected chi connectivity index (χ3v) is 9.39. The molecule has 9 heteroatoms. The number of amides is 2. The van der Waals surface area contributed by atoms with Crippen LogP contribution in [-0.4, -0.2) is 83.9 Å². The first-order chi connectivity index (χ1) is 19.7. The SMILES string of the molecule is C=CCOC(=O)[C@@H]1[C@H]2C(=O)N([C@@H](CC)CO)C(C(=O)N(CC=C)c3ccc(N(CC)CC)cc3)C23CC[C@@]1(CC)O3. The molecule has 1 N–H and O–H groups in total. The van der Waals surface area contributed by atoms with Crippen molar-refractivity contribution in [3.8, 4) is 0 Å².